The van der Waals surface area contributed by atoms with E-state index in [1.807, 2.05) is 12.1 Å². The standard InChI is InChI=1S/C27H27ClF3N3O3S/c1-18-4-2-3-5-20(18)17-34-14-12-19(13-15-34)26(35)32-21-6-9-23(10-7-21)38(36,37)33-22-8-11-25(28)24(16-22)27(29,30)31/h2-11,16,19,33H,12-15,17H2,1H3,(H,32,35). The van der Waals surface area contributed by atoms with E-state index in [1.54, 1.807) is 0 Å². The maximum atomic E-state index is 13.1. The van der Waals surface area contributed by atoms with Gasteiger partial charge in [0.15, 0.2) is 0 Å². The minimum absolute atomic E-state index is 0.130. The number of nitrogens with one attached hydrogen (secondary N) is 2. The second kappa shape index (κ2) is 11.3. The Morgan fingerprint density at radius 3 is 2.26 bits per heavy atom. The molecule has 202 valence electrons. The van der Waals surface area contributed by atoms with Crippen molar-refractivity contribution >= 4 is 38.9 Å². The van der Waals surface area contributed by atoms with Gasteiger partial charge in [-0.05, 0) is 86.4 Å². The van der Waals surface area contributed by atoms with Gasteiger partial charge < -0.3 is 5.32 Å². The van der Waals surface area contributed by atoms with Gasteiger partial charge in [-0.15, -0.1) is 0 Å². The van der Waals surface area contributed by atoms with Gasteiger partial charge in [0.25, 0.3) is 10.0 Å². The normalized spacial score (nSPS) is 15.3. The van der Waals surface area contributed by atoms with Crippen LogP contribution in [0.2, 0.25) is 5.02 Å². The maximum absolute atomic E-state index is 13.1. The Balaban J connectivity index is 1.33. The summed E-state index contributed by atoms with van der Waals surface area (Å²) in [5, 5.41) is 2.30. The molecule has 0 saturated carbocycles. The van der Waals surface area contributed by atoms with Gasteiger partial charge in [0, 0.05) is 23.8 Å². The van der Waals surface area contributed by atoms with E-state index in [0.29, 0.717) is 11.8 Å². The third-order valence-corrected chi connectivity index (χ3v) is 8.30. The highest BCUT2D eigenvalue weighted by Crippen LogP contribution is 2.36. The van der Waals surface area contributed by atoms with E-state index in [-0.39, 0.29) is 22.4 Å². The van der Waals surface area contributed by atoms with Crippen molar-refractivity contribution in [1.29, 1.82) is 0 Å². The van der Waals surface area contributed by atoms with Gasteiger partial charge in [-0.25, -0.2) is 8.42 Å². The highest BCUT2D eigenvalue weighted by atomic mass is 35.5. The van der Waals surface area contributed by atoms with Crippen LogP contribution in [0.15, 0.2) is 71.6 Å². The topological polar surface area (TPSA) is 78.5 Å². The van der Waals surface area contributed by atoms with E-state index in [1.165, 1.54) is 35.4 Å². The van der Waals surface area contributed by atoms with E-state index >= 15 is 0 Å². The highest BCUT2D eigenvalue weighted by molar-refractivity contribution is 7.92. The van der Waals surface area contributed by atoms with Gasteiger partial charge in [0.1, 0.15) is 0 Å². The second-order valence-corrected chi connectivity index (χ2v) is 11.4. The molecule has 2 N–H and O–H groups in total. The molecule has 1 fully saturated rings. The zero-order chi connectivity index (χ0) is 27.5. The van der Waals surface area contributed by atoms with Crippen LogP contribution in [-0.2, 0) is 27.5 Å². The van der Waals surface area contributed by atoms with Gasteiger partial charge in [-0.3, -0.25) is 14.4 Å². The summed E-state index contributed by atoms with van der Waals surface area (Å²) in [4.78, 5) is 15.0. The number of sulfonamides is 1. The van der Waals surface area contributed by atoms with Crippen LogP contribution < -0.4 is 10.0 Å². The lowest BCUT2D eigenvalue weighted by molar-refractivity contribution is -0.137. The molecule has 0 spiro atoms. The molecule has 6 nitrogen and oxygen atoms in total. The zero-order valence-electron chi connectivity index (χ0n) is 20.6. The summed E-state index contributed by atoms with van der Waals surface area (Å²) >= 11 is 5.60. The fourth-order valence-corrected chi connectivity index (χ4v) is 5.64. The van der Waals surface area contributed by atoms with Gasteiger partial charge in [0.05, 0.1) is 15.5 Å². The van der Waals surface area contributed by atoms with Crippen molar-refractivity contribution in [2.75, 3.05) is 23.1 Å². The van der Waals surface area contributed by atoms with Gasteiger partial charge in [-0.1, -0.05) is 35.9 Å². The molecule has 1 aliphatic heterocycles. The molecule has 0 aromatic heterocycles. The van der Waals surface area contributed by atoms with Gasteiger partial charge >= 0.3 is 6.18 Å². The van der Waals surface area contributed by atoms with Crippen molar-refractivity contribution < 1.29 is 26.4 Å². The molecule has 1 saturated heterocycles. The maximum Gasteiger partial charge on any atom is 0.417 e. The first-order valence-electron chi connectivity index (χ1n) is 12.0. The van der Waals surface area contributed by atoms with E-state index in [4.69, 9.17) is 11.6 Å². The van der Waals surface area contributed by atoms with Crippen LogP contribution in [0.3, 0.4) is 0 Å². The smallest absolute Gasteiger partial charge is 0.326 e. The average molecular weight is 566 g/mol. The van der Waals surface area contributed by atoms with Crippen LogP contribution in [0.4, 0.5) is 24.5 Å². The number of piperidine rings is 1. The zero-order valence-corrected chi connectivity index (χ0v) is 22.1. The Kier molecular flexibility index (Phi) is 8.34. The van der Waals surface area contributed by atoms with E-state index in [0.717, 1.165) is 44.6 Å². The molecule has 1 amide bonds. The number of anilines is 2. The molecule has 11 heteroatoms. The number of halogens is 4. The lowest BCUT2D eigenvalue weighted by Gasteiger charge is -2.31. The number of benzene rings is 3. The molecule has 1 aliphatic rings. The Morgan fingerprint density at radius 2 is 1.63 bits per heavy atom. The lowest BCUT2D eigenvalue weighted by Crippen LogP contribution is -2.37. The van der Waals surface area contributed by atoms with Crippen LogP contribution >= 0.6 is 11.6 Å². The summed E-state index contributed by atoms with van der Waals surface area (Å²) in [6.45, 7) is 4.54. The number of carbonyl (C=O) groups is 1. The summed E-state index contributed by atoms with van der Waals surface area (Å²) in [6, 6.07) is 16.5. The number of hydrogen-bond donors (Lipinski definition) is 2. The number of amides is 1. The summed E-state index contributed by atoms with van der Waals surface area (Å²) in [6.07, 6.45) is -3.29. The molecule has 0 unspecified atom stereocenters. The first-order valence-corrected chi connectivity index (χ1v) is 13.9. The monoisotopic (exact) mass is 565 g/mol. The molecule has 38 heavy (non-hydrogen) atoms. The van der Waals surface area contributed by atoms with Crippen molar-refractivity contribution in [2.45, 2.75) is 37.4 Å². The first kappa shape index (κ1) is 27.9. The molecule has 3 aromatic carbocycles. The Morgan fingerprint density at radius 1 is 1.00 bits per heavy atom. The third-order valence-electron chi connectivity index (χ3n) is 6.57. The summed E-state index contributed by atoms with van der Waals surface area (Å²) in [7, 11) is -4.17. The Bertz CT molecular complexity index is 1410. The second-order valence-electron chi connectivity index (χ2n) is 9.29. The minimum Gasteiger partial charge on any atom is -0.326 e. The van der Waals surface area contributed by atoms with E-state index in [2.05, 4.69) is 34.0 Å². The number of rotatable bonds is 7. The lowest BCUT2D eigenvalue weighted by atomic mass is 9.95. The number of alkyl halides is 3. The summed E-state index contributed by atoms with van der Waals surface area (Å²) in [5.41, 5.74) is 1.54. The number of carbonyl (C=O) groups excluding carboxylic acids is 1. The summed E-state index contributed by atoms with van der Waals surface area (Å²) in [5.74, 6) is -0.281. The minimum atomic E-state index is -4.73. The largest absolute Gasteiger partial charge is 0.417 e. The van der Waals surface area contributed by atoms with Crippen molar-refractivity contribution in [3.8, 4) is 0 Å². The van der Waals surface area contributed by atoms with Crippen LogP contribution in [0, 0.1) is 12.8 Å². The predicted octanol–water partition coefficient (Wildman–Crippen LogP) is 6.32. The molecule has 0 atom stereocenters. The number of nitrogens with zero attached hydrogens (tertiary/aromatic N) is 1. The van der Waals surface area contributed by atoms with Crippen LogP contribution in [0.25, 0.3) is 0 Å². The fourth-order valence-electron chi connectivity index (χ4n) is 4.36. The third kappa shape index (κ3) is 6.86. The van der Waals surface area contributed by atoms with Crippen LogP contribution in [0.1, 0.15) is 29.5 Å². The predicted molar refractivity (Wildman–Crippen MR) is 142 cm³/mol. The van der Waals surface area contributed by atoms with E-state index < -0.39 is 26.8 Å². The SMILES string of the molecule is Cc1ccccc1CN1CCC(C(=O)Nc2ccc(S(=O)(=O)Nc3ccc(Cl)c(C(F)(F)F)c3)cc2)CC1. The molecule has 4 rings (SSSR count). The molecular weight excluding hydrogens is 539 g/mol. The van der Waals surface area contributed by atoms with Crippen LogP contribution in [-0.4, -0.2) is 32.3 Å². The molecule has 3 aromatic rings. The Hall–Kier alpha value is -3.08. The number of likely N-dealkylation sites (tertiary alicyclic amines) is 1. The van der Waals surface area contributed by atoms with E-state index in [9.17, 15) is 26.4 Å². The van der Waals surface area contributed by atoms with Crippen molar-refractivity contribution in [2.24, 2.45) is 5.92 Å². The average Bonchev–Trinajstić information content (AvgIpc) is 2.86. The Labute approximate surface area is 224 Å². The van der Waals surface area contributed by atoms with Crippen molar-refractivity contribution in [3.05, 3.63) is 88.4 Å². The number of aryl methyl sites for hydroxylation is 1. The molecule has 1 heterocycles. The summed E-state index contributed by atoms with van der Waals surface area (Å²) < 4.78 is 66.8. The molecular formula is C27H27ClF3N3O3S. The number of hydrogen-bond acceptors (Lipinski definition) is 4. The highest BCUT2D eigenvalue weighted by Gasteiger charge is 2.33. The van der Waals surface area contributed by atoms with Gasteiger partial charge in [0.2, 0.25) is 5.91 Å². The van der Waals surface area contributed by atoms with Crippen molar-refractivity contribution in [3.63, 3.8) is 0 Å². The van der Waals surface area contributed by atoms with Crippen molar-refractivity contribution in [1.82, 2.24) is 4.90 Å². The van der Waals surface area contributed by atoms with Crippen LogP contribution in [0.5, 0.6) is 0 Å². The molecule has 0 aliphatic carbocycles. The van der Waals surface area contributed by atoms with Gasteiger partial charge in [-0.2, -0.15) is 13.2 Å². The quantitative estimate of drug-likeness (QED) is 0.351. The fraction of sp³-hybridized carbons (Fsp3) is 0.296. The molecule has 0 bridgehead atoms. The first-order chi connectivity index (χ1) is 17.9. The molecule has 0 radical (unpaired) electrons.